The lowest BCUT2D eigenvalue weighted by atomic mass is 10.1. The monoisotopic (exact) mass is 234 g/mol. The Morgan fingerprint density at radius 1 is 1.35 bits per heavy atom. The number of benzene rings is 1. The van der Waals surface area contributed by atoms with Gasteiger partial charge in [-0.05, 0) is 25.5 Å². The Balaban J connectivity index is 2.55. The second-order valence-electron chi connectivity index (χ2n) is 4.10. The van der Waals surface area contributed by atoms with Crippen molar-refractivity contribution in [1.82, 2.24) is 5.43 Å². The number of guanidine groups is 1. The normalized spacial score (nSPS) is 13.2. The van der Waals surface area contributed by atoms with Gasteiger partial charge in [-0.3, -0.25) is 5.43 Å². The number of hydrogen-bond donors (Lipinski definition) is 3. The number of anilines is 1. The fraction of sp³-hybridized carbons (Fsp3) is 0.462. The van der Waals surface area contributed by atoms with E-state index < -0.39 is 0 Å². The highest BCUT2D eigenvalue weighted by Gasteiger charge is 2.02. The Bertz CT molecular complexity index is 335. The average Bonchev–Trinajstić information content (AvgIpc) is 2.36. The molecule has 0 aliphatic heterocycles. The van der Waals surface area contributed by atoms with E-state index in [0.717, 1.165) is 12.1 Å². The van der Waals surface area contributed by atoms with Gasteiger partial charge in [-0.25, -0.2) is 10.8 Å². The molecule has 0 aliphatic rings. The number of unbranched alkanes of at least 4 members (excludes halogenated alkanes) is 1. The van der Waals surface area contributed by atoms with Crippen LogP contribution in [-0.4, -0.2) is 12.0 Å². The molecule has 0 saturated carbocycles. The highest BCUT2D eigenvalue weighted by atomic mass is 15.3. The minimum Gasteiger partial charge on any atom is -0.325 e. The van der Waals surface area contributed by atoms with Gasteiger partial charge >= 0.3 is 0 Å². The molecule has 4 heteroatoms. The molecule has 17 heavy (non-hydrogen) atoms. The number of hydrogen-bond acceptors (Lipinski definition) is 2. The summed E-state index contributed by atoms with van der Waals surface area (Å²) in [5.74, 6) is 6.07. The van der Waals surface area contributed by atoms with Gasteiger partial charge in [-0.1, -0.05) is 38.0 Å². The summed E-state index contributed by atoms with van der Waals surface area (Å²) in [6, 6.07) is 10.1. The van der Waals surface area contributed by atoms with Crippen molar-refractivity contribution in [3.63, 3.8) is 0 Å². The van der Waals surface area contributed by atoms with Crippen LogP contribution in [0.1, 0.15) is 33.1 Å². The predicted molar refractivity (Wildman–Crippen MR) is 73.8 cm³/mol. The molecule has 0 heterocycles. The van der Waals surface area contributed by atoms with E-state index in [1.165, 1.54) is 12.8 Å². The van der Waals surface area contributed by atoms with E-state index in [-0.39, 0.29) is 6.04 Å². The van der Waals surface area contributed by atoms with Crippen molar-refractivity contribution >= 4 is 11.6 Å². The zero-order valence-corrected chi connectivity index (χ0v) is 10.6. The van der Waals surface area contributed by atoms with Gasteiger partial charge in [0.05, 0.1) is 6.04 Å². The van der Waals surface area contributed by atoms with Crippen LogP contribution >= 0.6 is 0 Å². The molecule has 4 nitrogen and oxygen atoms in total. The molecule has 1 rings (SSSR count). The van der Waals surface area contributed by atoms with E-state index in [9.17, 15) is 0 Å². The van der Waals surface area contributed by atoms with Crippen LogP contribution in [0.5, 0.6) is 0 Å². The van der Waals surface area contributed by atoms with Crippen LogP contribution in [0.4, 0.5) is 5.69 Å². The molecule has 0 aromatic heterocycles. The Hall–Kier alpha value is -1.55. The minimum absolute atomic E-state index is 0.275. The fourth-order valence-electron chi connectivity index (χ4n) is 1.55. The summed E-state index contributed by atoms with van der Waals surface area (Å²) < 4.78 is 0. The maximum atomic E-state index is 5.45. The molecule has 0 fully saturated rings. The van der Waals surface area contributed by atoms with Crippen molar-refractivity contribution in [3.05, 3.63) is 30.3 Å². The van der Waals surface area contributed by atoms with Crippen molar-refractivity contribution in [3.8, 4) is 0 Å². The molecule has 94 valence electrons. The Labute approximate surface area is 103 Å². The summed E-state index contributed by atoms with van der Waals surface area (Å²) in [7, 11) is 0. The molecule has 1 unspecified atom stereocenters. The van der Waals surface area contributed by atoms with Crippen LogP contribution in [0.2, 0.25) is 0 Å². The summed E-state index contributed by atoms with van der Waals surface area (Å²) >= 11 is 0. The summed E-state index contributed by atoms with van der Waals surface area (Å²) in [5, 5.41) is 3.15. The first-order chi connectivity index (χ1) is 8.26. The number of nitrogens with two attached hydrogens (primary N) is 1. The molecule has 1 aromatic carbocycles. The fourth-order valence-corrected chi connectivity index (χ4v) is 1.55. The van der Waals surface area contributed by atoms with Gasteiger partial charge < -0.3 is 5.32 Å². The summed E-state index contributed by atoms with van der Waals surface area (Å²) in [6.07, 6.45) is 3.46. The van der Waals surface area contributed by atoms with E-state index >= 15 is 0 Å². The molecule has 0 amide bonds. The van der Waals surface area contributed by atoms with E-state index in [2.05, 4.69) is 29.6 Å². The smallest absolute Gasteiger partial charge is 0.210 e. The van der Waals surface area contributed by atoms with E-state index in [0.29, 0.717) is 5.96 Å². The highest BCUT2D eigenvalue weighted by molar-refractivity contribution is 5.93. The molecule has 0 saturated heterocycles. The Morgan fingerprint density at radius 3 is 2.65 bits per heavy atom. The molecule has 1 aromatic rings. The molecular formula is C13H22N4. The molecule has 0 aliphatic carbocycles. The first-order valence-corrected chi connectivity index (χ1v) is 6.12. The van der Waals surface area contributed by atoms with E-state index in [4.69, 9.17) is 5.84 Å². The van der Waals surface area contributed by atoms with E-state index in [1.807, 2.05) is 30.3 Å². The molecule has 1 atom stereocenters. The first kappa shape index (κ1) is 13.5. The lowest BCUT2D eigenvalue weighted by Crippen LogP contribution is -2.37. The largest absolute Gasteiger partial charge is 0.325 e. The molecule has 0 spiro atoms. The maximum absolute atomic E-state index is 5.45. The van der Waals surface area contributed by atoms with Gasteiger partial charge in [0.1, 0.15) is 0 Å². The number of nitrogens with one attached hydrogen (secondary N) is 2. The Morgan fingerprint density at radius 2 is 2.06 bits per heavy atom. The predicted octanol–water partition coefficient (Wildman–Crippen LogP) is 2.50. The zero-order valence-electron chi connectivity index (χ0n) is 10.6. The van der Waals surface area contributed by atoms with Crippen LogP contribution in [-0.2, 0) is 0 Å². The van der Waals surface area contributed by atoms with Crippen LogP contribution < -0.4 is 16.6 Å². The molecular weight excluding hydrogens is 212 g/mol. The van der Waals surface area contributed by atoms with Crippen molar-refractivity contribution in [2.45, 2.75) is 39.2 Å². The lowest BCUT2D eigenvalue weighted by Gasteiger charge is -2.12. The number of hydrazine groups is 1. The van der Waals surface area contributed by atoms with Gasteiger partial charge in [0.2, 0.25) is 5.96 Å². The van der Waals surface area contributed by atoms with Crippen molar-refractivity contribution in [1.29, 1.82) is 0 Å². The second kappa shape index (κ2) is 7.68. The van der Waals surface area contributed by atoms with Crippen LogP contribution in [0.25, 0.3) is 0 Å². The average molecular weight is 234 g/mol. The minimum atomic E-state index is 0.275. The van der Waals surface area contributed by atoms with Crippen LogP contribution in [0.15, 0.2) is 35.3 Å². The van der Waals surface area contributed by atoms with Crippen molar-refractivity contribution < 1.29 is 0 Å². The highest BCUT2D eigenvalue weighted by Crippen LogP contribution is 2.07. The molecule has 4 N–H and O–H groups in total. The summed E-state index contributed by atoms with van der Waals surface area (Å²) in [4.78, 5) is 4.50. The summed E-state index contributed by atoms with van der Waals surface area (Å²) in [5.41, 5.74) is 3.58. The summed E-state index contributed by atoms with van der Waals surface area (Å²) in [6.45, 7) is 4.28. The van der Waals surface area contributed by atoms with Gasteiger partial charge in [0.15, 0.2) is 0 Å². The zero-order chi connectivity index (χ0) is 12.5. The third-order valence-corrected chi connectivity index (χ3v) is 2.50. The second-order valence-corrected chi connectivity index (χ2v) is 4.10. The lowest BCUT2D eigenvalue weighted by molar-refractivity contribution is 0.615. The first-order valence-electron chi connectivity index (χ1n) is 6.12. The number of aliphatic imine (C=N–C) groups is 1. The number of para-hydroxylation sites is 1. The van der Waals surface area contributed by atoms with E-state index in [1.54, 1.807) is 0 Å². The van der Waals surface area contributed by atoms with Gasteiger partial charge in [-0.2, -0.15) is 0 Å². The molecule has 0 bridgehead atoms. The van der Waals surface area contributed by atoms with Gasteiger partial charge in [-0.15, -0.1) is 0 Å². The number of rotatable bonds is 5. The van der Waals surface area contributed by atoms with Crippen LogP contribution in [0.3, 0.4) is 0 Å². The standard InChI is InChI=1S/C13H22N4/c1-3-4-8-11(2)15-13(17-14)16-12-9-6-5-7-10-12/h5-7,9-11H,3-4,8,14H2,1-2H3,(H2,15,16,17). The van der Waals surface area contributed by atoms with Gasteiger partial charge in [0.25, 0.3) is 0 Å². The number of nitrogens with zero attached hydrogens (tertiary/aromatic N) is 1. The quantitative estimate of drug-likeness (QED) is 0.317. The van der Waals surface area contributed by atoms with Gasteiger partial charge in [0, 0.05) is 5.69 Å². The topological polar surface area (TPSA) is 62.4 Å². The molecule has 0 radical (unpaired) electrons. The SMILES string of the molecule is CCCCC(C)N=C(NN)Nc1ccccc1. The van der Waals surface area contributed by atoms with Crippen LogP contribution in [0, 0.1) is 0 Å². The van der Waals surface area contributed by atoms with Crippen molar-refractivity contribution in [2.24, 2.45) is 10.8 Å². The third kappa shape index (κ3) is 5.36. The third-order valence-electron chi connectivity index (χ3n) is 2.50. The Kier molecular flexibility index (Phi) is 6.10. The van der Waals surface area contributed by atoms with Crippen molar-refractivity contribution in [2.75, 3.05) is 5.32 Å². The maximum Gasteiger partial charge on any atom is 0.210 e.